The molecule has 0 fully saturated rings. The van der Waals surface area contributed by atoms with E-state index in [1.807, 2.05) is 30.3 Å². The third-order valence-corrected chi connectivity index (χ3v) is 1.59. The van der Waals surface area contributed by atoms with Crippen LogP contribution in [0, 0.1) is 0 Å². The molecule has 66 valence electrons. The molecule has 0 bridgehead atoms. The first-order valence-corrected chi connectivity index (χ1v) is 3.92. The van der Waals surface area contributed by atoms with Gasteiger partial charge in [-0.3, -0.25) is 4.79 Å². The largest absolute Gasteiger partial charge is 0.366 e. The summed E-state index contributed by atoms with van der Waals surface area (Å²) in [5.74, 6) is -0.493. The van der Waals surface area contributed by atoms with Crippen LogP contribution in [0.15, 0.2) is 48.6 Å². The van der Waals surface area contributed by atoms with Crippen molar-refractivity contribution in [3.8, 4) is 0 Å². The van der Waals surface area contributed by atoms with Crippen LogP contribution in [0.5, 0.6) is 0 Å². The van der Waals surface area contributed by atoms with Crippen molar-refractivity contribution in [2.24, 2.45) is 5.73 Å². The molecule has 0 saturated carbocycles. The van der Waals surface area contributed by atoms with Gasteiger partial charge in [-0.05, 0) is 11.6 Å². The second-order valence-electron chi connectivity index (χ2n) is 2.63. The van der Waals surface area contributed by atoms with Crippen LogP contribution >= 0.6 is 0 Å². The van der Waals surface area contributed by atoms with Crippen LogP contribution in [-0.4, -0.2) is 5.91 Å². The maximum absolute atomic E-state index is 10.6. The monoisotopic (exact) mass is 173 g/mol. The standard InChI is InChI=1S/C11H11NO/c1-9(11(12)13)7-8-10-5-3-2-4-6-10/h2-8H,1H2,(H2,12,13). The van der Waals surface area contributed by atoms with Gasteiger partial charge < -0.3 is 5.73 Å². The van der Waals surface area contributed by atoms with Crippen molar-refractivity contribution in [1.82, 2.24) is 0 Å². The topological polar surface area (TPSA) is 43.1 Å². The molecule has 0 unspecified atom stereocenters. The number of nitrogens with two attached hydrogens (primary N) is 1. The lowest BCUT2D eigenvalue weighted by Crippen LogP contribution is -2.11. The molecule has 1 aromatic rings. The van der Waals surface area contributed by atoms with E-state index in [2.05, 4.69) is 6.58 Å². The van der Waals surface area contributed by atoms with Crippen molar-refractivity contribution in [2.75, 3.05) is 0 Å². The minimum absolute atomic E-state index is 0.309. The Balaban J connectivity index is 2.70. The van der Waals surface area contributed by atoms with Gasteiger partial charge in [-0.1, -0.05) is 43.0 Å². The molecule has 0 aliphatic heterocycles. The maximum Gasteiger partial charge on any atom is 0.248 e. The van der Waals surface area contributed by atoms with Crippen molar-refractivity contribution in [2.45, 2.75) is 0 Å². The summed E-state index contributed by atoms with van der Waals surface area (Å²) >= 11 is 0. The fourth-order valence-electron chi connectivity index (χ4n) is 0.843. The van der Waals surface area contributed by atoms with Gasteiger partial charge in [0.15, 0.2) is 0 Å². The summed E-state index contributed by atoms with van der Waals surface area (Å²) in [6, 6.07) is 9.65. The van der Waals surface area contributed by atoms with Gasteiger partial charge in [-0.2, -0.15) is 0 Å². The fourth-order valence-corrected chi connectivity index (χ4v) is 0.843. The molecule has 1 rings (SSSR count). The van der Waals surface area contributed by atoms with E-state index in [1.165, 1.54) is 0 Å². The summed E-state index contributed by atoms with van der Waals surface area (Å²) in [6.45, 7) is 3.51. The van der Waals surface area contributed by atoms with Crippen LogP contribution in [0.1, 0.15) is 5.56 Å². The Labute approximate surface area is 77.4 Å². The van der Waals surface area contributed by atoms with E-state index >= 15 is 0 Å². The number of carbonyl (C=O) groups excluding carboxylic acids is 1. The lowest BCUT2D eigenvalue weighted by Gasteiger charge is -1.92. The minimum atomic E-state index is -0.493. The van der Waals surface area contributed by atoms with E-state index in [0.29, 0.717) is 5.57 Å². The first-order chi connectivity index (χ1) is 6.20. The summed E-state index contributed by atoms with van der Waals surface area (Å²) in [5.41, 5.74) is 6.34. The molecule has 2 heteroatoms. The lowest BCUT2D eigenvalue weighted by atomic mass is 10.2. The Bertz CT molecular complexity index is 338. The number of primary amides is 1. The molecule has 0 aliphatic rings. The van der Waals surface area contributed by atoms with Crippen LogP contribution in [0.2, 0.25) is 0 Å². The minimum Gasteiger partial charge on any atom is -0.366 e. The zero-order valence-corrected chi connectivity index (χ0v) is 7.23. The molecule has 2 N–H and O–H groups in total. The van der Waals surface area contributed by atoms with E-state index in [4.69, 9.17) is 5.73 Å². The summed E-state index contributed by atoms with van der Waals surface area (Å²) < 4.78 is 0. The SMILES string of the molecule is C=C(C=Cc1ccccc1)C(N)=O. The molecule has 13 heavy (non-hydrogen) atoms. The molecule has 0 aliphatic carbocycles. The average Bonchev–Trinajstić information content (AvgIpc) is 2.15. The van der Waals surface area contributed by atoms with E-state index in [1.54, 1.807) is 12.2 Å². The van der Waals surface area contributed by atoms with E-state index in [9.17, 15) is 4.79 Å². The highest BCUT2D eigenvalue weighted by molar-refractivity contribution is 5.95. The Morgan fingerprint density at radius 3 is 2.46 bits per heavy atom. The number of hydrogen-bond acceptors (Lipinski definition) is 1. The molecular weight excluding hydrogens is 162 g/mol. The summed E-state index contributed by atoms with van der Waals surface area (Å²) in [4.78, 5) is 10.6. The van der Waals surface area contributed by atoms with Gasteiger partial charge >= 0.3 is 0 Å². The van der Waals surface area contributed by atoms with Gasteiger partial charge in [0.2, 0.25) is 5.91 Å². The zero-order valence-electron chi connectivity index (χ0n) is 7.23. The van der Waals surface area contributed by atoms with Crippen molar-refractivity contribution >= 4 is 12.0 Å². The Kier molecular flexibility index (Phi) is 3.03. The van der Waals surface area contributed by atoms with Crippen molar-refractivity contribution in [3.05, 3.63) is 54.1 Å². The molecule has 2 nitrogen and oxygen atoms in total. The third kappa shape index (κ3) is 2.95. The van der Waals surface area contributed by atoms with E-state index in [-0.39, 0.29) is 0 Å². The first kappa shape index (κ1) is 9.26. The Morgan fingerprint density at radius 2 is 1.92 bits per heavy atom. The number of hydrogen-bond donors (Lipinski definition) is 1. The number of carbonyl (C=O) groups is 1. The highest BCUT2D eigenvalue weighted by atomic mass is 16.1. The average molecular weight is 173 g/mol. The van der Waals surface area contributed by atoms with Crippen molar-refractivity contribution in [3.63, 3.8) is 0 Å². The summed E-state index contributed by atoms with van der Waals surface area (Å²) in [7, 11) is 0. The summed E-state index contributed by atoms with van der Waals surface area (Å²) in [6.07, 6.45) is 3.41. The van der Waals surface area contributed by atoms with Gasteiger partial charge in [-0.15, -0.1) is 0 Å². The maximum atomic E-state index is 10.6. The van der Waals surface area contributed by atoms with Gasteiger partial charge in [0.25, 0.3) is 0 Å². The van der Waals surface area contributed by atoms with Crippen LogP contribution in [0.4, 0.5) is 0 Å². The van der Waals surface area contributed by atoms with Crippen molar-refractivity contribution < 1.29 is 4.79 Å². The number of amides is 1. The fraction of sp³-hybridized carbons (Fsp3) is 0. The van der Waals surface area contributed by atoms with Gasteiger partial charge in [-0.25, -0.2) is 0 Å². The predicted molar refractivity (Wildman–Crippen MR) is 53.8 cm³/mol. The van der Waals surface area contributed by atoms with Crippen LogP contribution in [0.25, 0.3) is 6.08 Å². The van der Waals surface area contributed by atoms with E-state index < -0.39 is 5.91 Å². The molecule has 0 aromatic heterocycles. The number of rotatable bonds is 3. The predicted octanol–water partition coefficient (Wildman–Crippen LogP) is 1.74. The van der Waals surface area contributed by atoms with Gasteiger partial charge in [0.05, 0.1) is 0 Å². The molecule has 0 saturated heterocycles. The highest BCUT2D eigenvalue weighted by Crippen LogP contribution is 2.03. The quantitative estimate of drug-likeness (QED) is 0.549. The third-order valence-electron chi connectivity index (χ3n) is 1.59. The first-order valence-electron chi connectivity index (χ1n) is 3.92. The number of benzene rings is 1. The van der Waals surface area contributed by atoms with E-state index in [0.717, 1.165) is 5.56 Å². The van der Waals surface area contributed by atoms with Crippen molar-refractivity contribution in [1.29, 1.82) is 0 Å². The summed E-state index contributed by atoms with van der Waals surface area (Å²) in [5, 5.41) is 0. The smallest absolute Gasteiger partial charge is 0.248 e. The normalized spacial score (nSPS) is 10.2. The molecule has 0 atom stereocenters. The zero-order chi connectivity index (χ0) is 9.68. The molecular formula is C11H11NO. The molecule has 1 aromatic carbocycles. The molecule has 0 spiro atoms. The molecule has 0 heterocycles. The molecule has 0 radical (unpaired) electrons. The Hall–Kier alpha value is -1.83. The molecule has 1 amide bonds. The highest BCUT2D eigenvalue weighted by Gasteiger charge is 1.94. The second-order valence-corrected chi connectivity index (χ2v) is 2.63. The van der Waals surface area contributed by atoms with Gasteiger partial charge in [0.1, 0.15) is 0 Å². The second kappa shape index (κ2) is 4.26. The Morgan fingerprint density at radius 1 is 1.31 bits per heavy atom. The van der Waals surface area contributed by atoms with Crippen LogP contribution in [-0.2, 0) is 4.79 Å². The van der Waals surface area contributed by atoms with Crippen LogP contribution < -0.4 is 5.73 Å². The van der Waals surface area contributed by atoms with Crippen LogP contribution in [0.3, 0.4) is 0 Å². The van der Waals surface area contributed by atoms with Gasteiger partial charge in [0, 0.05) is 5.57 Å². The lowest BCUT2D eigenvalue weighted by molar-refractivity contribution is -0.114.